The van der Waals surface area contributed by atoms with E-state index in [2.05, 4.69) is 46.6 Å². The summed E-state index contributed by atoms with van der Waals surface area (Å²) in [5.74, 6) is 0. The van der Waals surface area contributed by atoms with Crippen LogP contribution in [-0.2, 0) is 11.6 Å². The van der Waals surface area contributed by atoms with Gasteiger partial charge < -0.3 is 10.6 Å². The molecule has 0 atom stereocenters. The molecule has 0 aliphatic rings. The molecule has 0 spiro atoms. The number of carbonyl (C=O) groups excluding carboxylic acids is 1. The zero-order chi connectivity index (χ0) is 23.8. The lowest BCUT2D eigenvalue weighted by molar-refractivity contribution is -0.137. The van der Waals surface area contributed by atoms with Gasteiger partial charge in [-0.25, -0.2) is 9.78 Å². The third-order valence-electron chi connectivity index (χ3n) is 5.11. The first-order chi connectivity index (χ1) is 15.5. The molecule has 0 unspecified atom stereocenters. The highest BCUT2D eigenvalue weighted by Gasteiger charge is 2.30. The maximum atomic E-state index is 12.7. The Bertz CT molecular complexity index is 1290. The van der Waals surface area contributed by atoms with Crippen molar-refractivity contribution >= 4 is 28.4 Å². The highest BCUT2D eigenvalue weighted by Crippen LogP contribution is 2.33. The minimum Gasteiger partial charge on any atom is -0.308 e. The molecule has 0 bridgehead atoms. The summed E-state index contributed by atoms with van der Waals surface area (Å²) < 4.78 is 38.0. The summed E-state index contributed by atoms with van der Waals surface area (Å²) in [7, 11) is 0. The predicted molar refractivity (Wildman–Crippen MR) is 122 cm³/mol. The van der Waals surface area contributed by atoms with Crippen LogP contribution in [0.25, 0.3) is 22.2 Å². The molecular formula is C24H22F3N5O. The van der Waals surface area contributed by atoms with Crippen molar-refractivity contribution in [1.29, 1.82) is 0 Å². The number of aromatic nitrogens is 3. The number of rotatable bonds is 3. The van der Waals surface area contributed by atoms with Crippen molar-refractivity contribution in [3.8, 4) is 11.1 Å². The van der Waals surface area contributed by atoms with Gasteiger partial charge in [0.25, 0.3) is 0 Å². The zero-order valence-corrected chi connectivity index (χ0v) is 18.2. The molecule has 0 radical (unpaired) electrons. The third-order valence-corrected chi connectivity index (χ3v) is 5.11. The van der Waals surface area contributed by atoms with E-state index in [1.165, 1.54) is 12.1 Å². The van der Waals surface area contributed by atoms with Gasteiger partial charge in [-0.15, -0.1) is 0 Å². The molecule has 0 saturated carbocycles. The minimum absolute atomic E-state index is 0.147. The number of urea groups is 1. The Balaban J connectivity index is 1.50. The van der Waals surface area contributed by atoms with Crippen LogP contribution in [0.1, 0.15) is 32.0 Å². The van der Waals surface area contributed by atoms with E-state index in [0.717, 1.165) is 34.3 Å². The predicted octanol–water partition coefficient (Wildman–Crippen LogP) is 6.59. The molecule has 2 aromatic heterocycles. The van der Waals surface area contributed by atoms with Crippen LogP contribution in [0.15, 0.2) is 60.8 Å². The van der Waals surface area contributed by atoms with Crippen molar-refractivity contribution < 1.29 is 18.0 Å². The molecule has 2 amide bonds. The number of fused-ring (bicyclic) bond motifs is 1. The maximum absolute atomic E-state index is 12.7. The molecular weight excluding hydrogens is 431 g/mol. The standard InChI is InChI=1S/C24H22F3N5O/c1-23(2,3)20-12-18(19-13-28-32-21(19)31-20)14-4-8-16(9-5-14)29-22(33)30-17-10-6-15(7-11-17)24(25,26)27/h4-13H,1-3H3,(H,28,31,32)(H2,29,30,33). The number of amides is 2. The van der Waals surface area contributed by atoms with E-state index in [1.54, 1.807) is 18.3 Å². The summed E-state index contributed by atoms with van der Waals surface area (Å²) in [6.07, 6.45) is -2.69. The van der Waals surface area contributed by atoms with Gasteiger partial charge in [0.1, 0.15) is 0 Å². The Morgan fingerprint density at radius 1 is 0.909 bits per heavy atom. The molecule has 9 heteroatoms. The van der Waals surface area contributed by atoms with Crippen molar-refractivity contribution in [3.63, 3.8) is 0 Å². The fourth-order valence-corrected chi connectivity index (χ4v) is 3.32. The highest BCUT2D eigenvalue weighted by atomic mass is 19.4. The molecule has 4 rings (SSSR count). The Morgan fingerprint density at radius 2 is 1.48 bits per heavy atom. The zero-order valence-electron chi connectivity index (χ0n) is 18.2. The largest absolute Gasteiger partial charge is 0.416 e. The van der Waals surface area contributed by atoms with Gasteiger partial charge >= 0.3 is 12.2 Å². The fraction of sp³-hybridized carbons (Fsp3) is 0.208. The van der Waals surface area contributed by atoms with Crippen molar-refractivity contribution in [2.45, 2.75) is 32.4 Å². The Kier molecular flexibility index (Phi) is 5.57. The summed E-state index contributed by atoms with van der Waals surface area (Å²) in [6.45, 7) is 6.26. The number of aromatic amines is 1. The first-order valence-corrected chi connectivity index (χ1v) is 10.2. The number of hydrogen-bond acceptors (Lipinski definition) is 3. The second-order valence-corrected chi connectivity index (χ2v) is 8.67. The monoisotopic (exact) mass is 453 g/mol. The van der Waals surface area contributed by atoms with E-state index >= 15 is 0 Å². The number of H-pyrrole nitrogens is 1. The summed E-state index contributed by atoms with van der Waals surface area (Å²) in [5, 5.41) is 13.1. The summed E-state index contributed by atoms with van der Waals surface area (Å²) in [4.78, 5) is 16.9. The first kappa shape index (κ1) is 22.3. The highest BCUT2D eigenvalue weighted by molar-refractivity contribution is 6.00. The molecule has 2 aromatic carbocycles. The summed E-state index contributed by atoms with van der Waals surface area (Å²) in [6, 6.07) is 13.0. The lowest BCUT2D eigenvalue weighted by Gasteiger charge is -2.19. The Labute approximate surface area is 188 Å². The van der Waals surface area contributed by atoms with Gasteiger partial charge in [-0.3, -0.25) is 5.10 Å². The summed E-state index contributed by atoms with van der Waals surface area (Å²) in [5.41, 5.74) is 3.40. The lowest BCUT2D eigenvalue weighted by Crippen LogP contribution is -2.19. The molecule has 0 aliphatic heterocycles. The maximum Gasteiger partial charge on any atom is 0.416 e. The number of pyridine rings is 1. The van der Waals surface area contributed by atoms with E-state index in [9.17, 15) is 18.0 Å². The van der Waals surface area contributed by atoms with Gasteiger partial charge in [-0.05, 0) is 53.6 Å². The van der Waals surface area contributed by atoms with Gasteiger partial charge in [0.15, 0.2) is 5.65 Å². The van der Waals surface area contributed by atoms with Crippen LogP contribution in [0, 0.1) is 0 Å². The lowest BCUT2D eigenvalue weighted by atomic mass is 9.89. The molecule has 0 fully saturated rings. The first-order valence-electron chi connectivity index (χ1n) is 10.2. The van der Waals surface area contributed by atoms with E-state index < -0.39 is 17.8 Å². The second kappa shape index (κ2) is 8.23. The SMILES string of the molecule is CC(C)(C)c1cc(-c2ccc(NC(=O)Nc3ccc(C(F)(F)F)cc3)cc2)c2cn[nH]c2n1. The number of anilines is 2. The van der Waals surface area contributed by atoms with Crippen LogP contribution < -0.4 is 10.6 Å². The molecule has 0 aliphatic carbocycles. The summed E-state index contributed by atoms with van der Waals surface area (Å²) >= 11 is 0. The average Bonchev–Trinajstić information content (AvgIpc) is 3.21. The van der Waals surface area contributed by atoms with E-state index in [4.69, 9.17) is 0 Å². The van der Waals surface area contributed by atoms with Crippen LogP contribution in [0.5, 0.6) is 0 Å². The van der Waals surface area contributed by atoms with Crippen LogP contribution >= 0.6 is 0 Å². The van der Waals surface area contributed by atoms with Crippen LogP contribution in [0.4, 0.5) is 29.3 Å². The van der Waals surface area contributed by atoms with E-state index in [-0.39, 0.29) is 11.1 Å². The average molecular weight is 453 g/mol. The van der Waals surface area contributed by atoms with Gasteiger partial charge in [0.05, 0.1) is 11.8 Å². The van der Waals surface area contributed by atoms with Gasteiger partial charge in [0.2, 0.25) is 0 Å². The number of hydrogen-bond donors (Lipinski definition) is 3. The van der Waals surface area contributed by atoms with Crippen LogP contribution in [-0.4, -0.2) is 21.2 Å². The van der Waals surface area contributed by atoms with Crippen molar-refractivity contribution in [2.24, 2.45) is 0 Å². The van der Waals surface area contributed by atoms with Gasteiger partial charge in [-0.2, -0.15) is 18.3 Å². The second-order valence-electron chi connectivity index (χ2n) is 8.67. The Hall–Kier alpha value is -3.88. The molecule has 6 nitrogen and oxygen atoms in total. The van der Waals surface area contributed by atoms with Crippen LogP contribution in [0.2, 0.25) is 0 Å². The van der Waals surface area contributed by atoms with Gasteiger partial charge in [0, 0.05) is 27.9 Å². The van der Waals surface area contributed by atoms with Crippen molar-refractivity contribution in [3.05, 3.63) is 72.1 Å². The minimum atomic E-state index is -4.42. The third kappa shape index (κ3) is 4.97. The van der Waals surface area contributed by atoms with Crippen LogP contribution in [0.3, 0.4) is 0 Å². The van der Waals surface area contributed by atoms with Crippen molar-refractivity contribution in [1.82, 2.24) is 15.2 Å². The number of carbonyl (C=O) groups is 1. The molecule has 170 valence electrons. The smallest absolute Gasteiger partial charge is 0.308 e. The number of alkyl halides is 3. The van der Waals surface area contributed by atoms with E-state index in [0.29, 0.717) is 11.3 Å². The molecule has 33 heavy (non-hydrogen) atoms. The molecule has 2 heterocycles. The quantitative estimate of drug-likeness (QED) is 0.327. The van der Waals surface area contributed by atoms with E-state index in [1.807, 2.05) is 18.2 Å². The van der Waals surface area contributed by atoms with Crippen molar-refractivity contribution in [2.75, 3.05) is 10.6 Å². The molecule has 3 N–H and O–H groups in total. The van der Waals surface area contributed by atoms with Gasteiger partial charge in [-0.1, -0.05) is 32.9 Å². The fourth-order valence-electron chi connectivity index (χ4n) is 3.32. The number of benzene rings is 2. The number of halogens is 3. The Morgan fingerprint density at radius 3 is 2.03 bits per heavy atom. The molecule has 4 aromatic rings. The number of nitrogens with zero attached hydrogens (tertiary/aromatic N) is 2. The number of nitrogens with one attached hydrogen (secondary N) is 3. The normalized spacial score (nSPS) is 12.1. The molecule has 0 saturated heterocycles. The topological polar surface area (TPSA) is 82.7 Å².